The zero-order valence-corrected chi connectivity index (χ0v) is 51.5. The van der Waals surface area contributed by atoms with Gasteiger partial charge in [-0.25, -0.2) is 0 Å². The number of Topliss-reactive ketones (excluding diaryl/α,β-unsaturated/α-hetero) is 1. The van der Waals surface area contributed by atoms with Crippen molar-refractivity contribution in [3.05, 3.63) is 60.2 Å². The van der Waals surface area contributed by atoms with Crippen LogP contribution in [0.5, 0.6) is 0 Å². The molecule has 0 radical (unpaired) electrons. The zero-order chi connectivity index (χ0) is 62.5. The van der Waals surface area contributed by atoms with Crippen molar-refractivity contribution >= 4 is 35.3 Å². The van der Waals surface area contributed by atoms with Crippen molar-refractivity contribution in [2.75, 3.05) is 7.11 Å². The summed E-state index contributed by atoms with van der Waals surface area (Å²) >= 11 is 5.89. The quantitative estimate of drug-likeness (QED) is 0.0611. The van der Waals surface area contributed by atoms with E-state index in [0.29, 0.717) is 43.3 Å². The summed E-state index contributed by atoms with van der Waals surface area (Å²) in [6.07, 6.45) is -8.69. The highest BCUT2D eigenvalue weighted by Crippen LogP contribution is 2.48. The lowest BCUT2D eigenvalue weighted by Crippen LogP contribution is -2.65. The molecule has 21 nitrogen and oxygen atoms in total. The van der Waals surface area contributed by atoms with Crippen LogP contribution in [0.15, 0.2) is 60.2 Å². The summed E-state index contributed by atoms with van der Waals surface area (Å²) in [5, 5.41) is 82.6. The van der Waals surface area contributed by atoms with Crippen molar-refractivity contribution < 1.29 is 102 Å². The number of esters is 3. The first-order chi connectivity index (χ1) is 39.8. The molecule has 6 saturated heterocycles. The second-order valence-corrected chi connectivity index (χ2v) is 26.4. The van der Waals surface area contributed by atoms with Crippen molar-refractivity contribution in [1.82, 2.24) is 0 Å². The summed E-state index contributed by atoms with van der Waals surface area (Å²) < 4.78 is 63.4. The Balaban J connectivity index is 1.22. The van der Waals surface area contributed by atoms with Gasteiger partial charge in [-0.15, -0.1) is 0 Å². The van der Waals surface area contributed by atoms with Crippen LogP contribution in [0.25, 0.3) is 0 Å². The van der Waals surface area contributed by atoms with Gasteiger partial charge in [0.25, 0.3) is 0 Å². The molecule has 0 amide bonds. The van der Waals surface area contributed by atoms with Crippen LogP contribution in [0.2, 0.25) is 0 Å². The minimum Gasteiger partial charge on any atom is -0.462 e. The van der Waals surface area contributed by atoms with Gasteiger partial charge in [-0.3, -0.25) is 19.2 Å². The van der Waals surface area contributed by atoms with Crippen LogP contribution in [0.1, 0.15) is 158 Å². The number of aliphatic hydroxyl groups is 7. The smallest absolute Gasteiger partial charge is 0.308 e. The number of carbonyl (C=O) groups excluding carboxylic acids is 4. The number of ketones is 1. The van der Waals surface area contributed by atoms with Crippen molar-refractivity contribution in [2.45, 2.75) is 278 Å². The highest BCUT2D eigenvalue weighted by Gasteiger charge is 2.58. The summed E-state index contributed by atoms with van der Waals surface area (Å²) in [5.41, 5.74) is -0.508. The molecular formula is C63H95ClO21. The topological polar surface area (TPSA) is 302 Å². The summed E-state index contributed by atoms with van der Waals surface area (Å²) in [5.74, 6) is -10.7. The first kappa shape index (κ1) is 69.0. The third-order valence-corrected chi connectivity index (χ3v) is 18.4. The Morgan fingerprint density at radius 3 is 2.15 bits per heavy atom. The molecule has 24 atom stereocenters. The number of halogens is 1. The molecule has 0 saturated carbocycles. The number of aliphatic hydroxyl groups excluding tert-OH is 5. The molecule has 7 N–H and O–H groups in total. The average Bonchev–Trinajstić information content (AvgIpc) is 1.35. The number of carbonyl (C=O) groups is 4. The van der Waals surface area contributed by atoms with Crippen molar-refractivity contribution in [1.29, 1.82) is 0 Å². The molecule has 22 heteroatoms. The SMILES string of the molecule is C=C(Cl)/C=C/[C@@H](O)CC(=C)C[C@H]1O[C@@H]2[C@H](C)[C@@H](OC(=O)C[C@H]3C[C@H](OC(C)=O)C[C@@]4(C[C@@](C)(O)C[C@H](CC(=C)[C@@H](C)[C@H](OC(C)=O)[C@H](C)C(=O)CC5C[C@H](OC)C[C@@]6(C[C@@H](O)C[C@H](/C=C\CCC[C@H]7O[C@](O)(C[C@H](O)[C@H]7C)[C@H]2O)O6)O5)O4)O3)[C@@H]1O. The molecule has 2 spiro atoms. The van der Waals surface area contributed by atoms with E-state index in [1.807, 2.05) is 12.2 Å². The number of rotatable bonds is 9. The lowest BCUT2D eigenvalue weighted by atomic mass is 9.78. The molecule has 1 unspecified atom stereocenters. The average molecular weight is 1220 g/mol. The third kappa shape index (κ3) is 18.1. The van der Waals surface area contributed by atoms with E-state index in [9.17, 15) is 54.9 Å². The maximum atomic E-state index is 14.5. The summed E-state index contributed by atoms with van der Waals surface area (Å²) in [7, 11) is 1.57. The van der Waals surface area contributed by atoms with E-state index in [1.54, 1.807) is 41.7 Å². The van der Waals surface area contributed by atoms with E-state index >= 15 is 0 Å². The van der Waals surface area contributed by atoms with Gasteiger partial charge in [-0.05, 0) is 51.5 Å². The van der Waals surface area contributed by atoms with Crippen LogP contribution in [0.3, 0.4) is 0 Å². The second-order valence-electron chi connectivity index (χ2n) is 25.9. The molecule has 0 aromatic heterocycles. The van der Waals surface area contributed by atoms with Crippen LogP contribution in [-0.4, -0.2) is 187 Å². The molecule has 85 heavy (non-hydrogen) atoms. The second kappa shape index (κ2) is 29.0. The molecule has 7 aliphatic heterocycles. The van der Waals surface area contributed by atoms with Gasteiger partial charge in [0.2, 0.25) is 0 Å². The largest absolute Gasteiger partial charge is 0.462 e. The zero-order valence-electron chi connectivity index (χ0n) is 50.7. The Hall–Kier alpha value is -3.49. The molecule has 0 aromatic rings. The number of ether oxygens (including phenoxy) is 10. The monoisotopic (exact) mass is 1220 g/mol. The van der Waals surface area contributed by atoms with E-state index in [1.165, 1.54) is 26.0 Å². The summed E-state index contributed by atoms with van der Waals surface area (Å²) in [4.78, 5) is 54.3. The molecule has 0 aromatic carbocycles. The van der Waals surface area contributed by atoms with Crippen molar-refractivity contribution in [3.8, 4) is 0 Å². The highest BCUT2D eigenvalue weighted by atomic mass is 35.5. The fourth-order valence-corrected chi connectivity index (χ4v) is 14.2. The van der Waals surface area contributed by atoms with Gasteiger partial charge < -0.3 is 83.1 Å². The van der Waals surface area contributed by atoms with Crippen molar-refractivity contribution in [3.63, 3.8) is 0 Å². The maximum Gasteiger partial charge on any atom is 0.308 e. The van der Waals surface area contributed by atoms with Gasteiger partial charge in [0.1, 0.15) is 36.3 Å². The normalized spacial score (nSPS) is 44.5. The van der Waals surface area contributed by atoms with Crippen LogP contribution in [0.4, 0.5) is 0 Å². The van der Waals surface area contributed by atoms with Crippen LogP contribution >= 0.6 is 11.6 Å². The lowest BCUT2D eigenvalue weighted by molar-refractivity contribution is -0.351. The number of methoxy groups -OCH3 is 1. The Bertz CT molecular complexity index is 2430. The summed E-state index contributed by atoms with van der Waals surface area (Å²) in [6.45, 7) is 23.1. The van der Waals surface area contributed by atoms with Crippen LogP contribution in [-0.2, 0) is 66.5 Å². The maximum absolute atomic E-state index is 14.5. The number of hydrogen-bond donors (Lipinski definition) is 7. The van der Waals surface area contributed by atoms with Crippen molar-refractivity contribution in [2.24, 2.45) is 23.7 Å². The molecule has 0 aliphatic carbocycles. The molecule has 6 fully saturated rings. The minimum atomic E-state index is -2.40. The Labute approximate surface area is 505 Å². The van der Waals surface area contributed by atoms with Gasteiger partial charge in [0.05, 0.1) is 85.1 Å². The minimum absolute atomic E-state index is 0.00321. The predicted octanol–water partition coefficient (Wildman–Crippen LogP) is 5.91. The van der Waals surface area contributed by atoms with E-state index in [-0.39, 0.29) is 81.1 Å². The molecule has 10 bridgehead atoms. The third-order valence-electron chi connectivity index (χ3n) is 18.3. The fraction of sp³-hybridized carbons (Fsp3) is 0.778. The lowest BCUT2D eigenvalue weighted by Gasteiger charge is -2.52. The number of hydrogen-bond acceptors (Lipinski definition) is 21. The van der Waals surface area contributed by atoms with Crippen LogP contribution in [0, 0.1) is 23.7 Å². The Morgan fingerprint density at radius 2 is 1.47 bits per heavy atom. The highest BCUT2D eigenvalue weighted by molar-refractivity contribution is 6.30. The van der Waals surface area contributed by atoms with Gasteiger partial charge in [0, 0.05) is 108 Å². The molecule has 7 aliphatic rings. The fourth-order valence-electron chi connectivity index (χ4n) is 14.1. The molecule has 7 rings (SSSR count). The van der Waals surface area contributed by atoms with E-state index in [4.69, 9.17) is 59.0 Å². The van der Waals surface area contributed by atoms with E-state index in [0.717, 1.165) is 0 Å². The molecular weight excluding hydrogens is 1130 g/mol. The standard InChI is InChI=1S/C63H95ClO21/c1-33(19-42(67)18-17-35(3)64)20-53-55(72)57-39(7)58(79-53)59(73)63(75)31-51(70)37(5)52(85-63)16-14-12-13-15-44-22-43(68)27-61(81-44)29-47(76-11)23-45(82-61)25-50(69)38(6)56(78-41(9)66)36(4)34(2)21-49-28-60(10,74)32-62(84-49)30-48(77-40(8)65)24-46(83-62)26-54(71)80-57/h13,15,17-18,36-39,42-49,51-53,55-59,67-68,70,72-75H,1-3,12,14,16,19-32H2,4-11H3/b15-13-,18-17+/t36-,37-,38-,39-,42-,43+,44+,45?,46-,47+,48+,49+,51+,52-,53-,55-,56+,57-,58-,59+,60+,61-,62-,63-/m1/s1. The van der Waals surface area contributed by atoms with E-state index in [2.05, 4.69) is 19.7 Å². The predicted molar refractivity (Wildman–Crippen MR) is 308 cm³/mol. The number of allylic oxidation sites excluding steroid dienone is 3. The Kier molecular flexibility index (Phi) is 23.5. The molecule has 480 valence electrons. The van der Waals surface area contributed by atoms with Gasteiger partial charge >= 0.3 is 17.9 Å². The number of fused-ring (bicyclic) bond motifs is 8. The van der Waals surface area contributed by atoms with Crippen LogP contribution < -0.4 is 0 Å². The van der Waals surface area contributed by atoms with Gasteiger partial charge in [0.15, 0.2) is 17.4 Å². The summed E-state index contributed by atoms with van der Waals surface area (Å²) in [6, 6.07) is 0. The van der Waals surface area contributed by atoms with E-state index < -0.39 is 169 Å². The molecule has 7 heterocycles. The first-order valence-electron chi connectivity index (χ1n) is 30.3. The van der Waals surface area contributed by atoms with Gasteiger partial charge in [-0.1, -0.05) is 88.4 Å². The Morgan fingerprint density at radius 1 is 0.812 bits per heavy atom. The van der Waals surface area contributed by atoms with Gasteiger partial charge in [-0.2, -0.15) is 0 Å². The first-order valence-corrected chi connectivity index (χ1v) is 30.7.